The molecule has 1 fully saturated rings. The highest BCUT2D eigenvalue weighted by molar-refractivity contribution is 7.20. The van der Waals surface area contributed by atoms with Crippen LogP contribution in [0.15, 0.2) is 30.3 Å². The van der Waals surface area contributed by atoms with Gasteiger partial charge in [-0.15, -0.1) is 16.4 Å². The Bertz CT molecular complexity index is 1130. The number of amides is 1. The molecule has 1 aliphatic carbocycles. The lowest BCUT2D eigenvalue weighted by atomic mass is 10.2. The Morgan fingerprint density at radius 2 is 2.15 bits per heavy atom. The first-order valence-electron chi connectivity index (χ1n) is 8.73. The lowest BCUT2D eigenvalue weighted by Gasteiger charge is -2.07. The van der Waals surface area contributed by atoms with Crippen LogP contribution < -0.4 is 5.32 Å². The van der Waals surface area contributed by atoms with Gasteiger partial charge in [0.2, 0.25) is 0 Å². The molecule has 136 valence electrons. The molecule has 8 nitrogen and oxygen atoms in total. The fourth-order valence-electron chi connectivity index (χ4n) is 3.19. The maximum atomic E-state index is 12.7. The molecule has 4 aromatic rings. The zero-order chi connectivity index (χ0) is 18.5. The van der Waals surface area contributed by atoms with Gasteiger partial charge >= 0.3 is 0 Å². The summed E-state index contributed by atoms with van der Waals surface area (Å²) in [5, 5.41) is 20.4. The number of carbonyl (C=O) groups is 1. The van der Waals surface area contributed by atoms with E-state index in [9.17, 15) is 4.79 Å². The highest BCUT2D eigenvalue weighted by Crippen LogP contribution is 2.37. The Hall–Kier alpha value is -3.07. The molecule has 0 aliphatic heterocycles. The van der Waals surface area contributed by atoms with E-state index in [1.165, 1.54) is 11.3 Å². The predicted molar refractivity (Wildman–Crippen MR) is 103 cm³/mol. The normalized spacial score (nSPS) is 14.0. The molecule has 0 atom stereocenters. The largest absolute Gasteiger partial charge is 0.321 e. The van der Waals surface area contributed by atoms with Gasteiger partial charge in [-0.1, -0.05) is 12.1 Å². The number of anilines is 1. The van der Waals surface area contributed by atoms with Crippen LogP contribution in [0.5, 0.6) is 0 Å². The third-order valence-electron chi connectivity index (χ3n) is 4.68. The van der Waals surface area contributed by atoms with Gasteiger partial charge in [-0.3, -0.25) is 9.48 Å². The number of aryl methyl sites for hydroxylation is 2. The lowest BCUT2D eigenvalue weighted by molar-refractivity contribution is 0.103. The molecular weight excluding hydrogens is 362 g/mol. The highest BCUT2D eigenvalue weighted by Gasteiger charge is 2.28. The summed E-state index contributed by atoms with van der Waals surface area (Å²) in [4.78, 5) is 14.4. The van der Waals surface area contributed by atoms with Crippen molar-refractivity contribution in [3.63, 3.8) is 0 Å². The van der Waals surface area contributed by atoms with E-state index >= 15 is 0 Å². The summed E-state index contributed by atoms with van der Waals surface area (Å²) >= 11 is 1.44. The minimum atomic E-state index is -0.130. The van der Waals surface area contributed by atoms with Crippen molar-refractivity contribution >= 4 is 33.1 Å². The van der Waals surface area contributed by atoms with Gasteiger partial charge in [0.1, 0.15) is 4.83 Å². The minimum absolute atomic E-state index is 0.130. The quantitative estimate of drug-likeness (QED) is 0.588. The topological polar surface area (TPSA) is 90.5 Å². The molecular formula is C18H17N7OS. The van der Waals surface area contributed by atoms with E-state index in [-0.39, 0.29) is 5.91 Å². The summed E-state index contributed by atoms with van der Waals surface area (Å²) < 4.78 is 3.67. The Kier molecular flexibility index (Phi) is 3.57. The summed E-state index contributed by atoms with van der Waals surface area (Å²) in [5.41, 5.74) is 2.54. The van der Waals surface area contributed by atoms with Gasteiger partial charge in [0, 0.05) is 23.7 Å². The van der Waals surface area contributed by atoms with Crippen LogP contribution in [0.3, 0.4) is 0 Å². The van der Waals surface area contributed by atoms with E-state index in [2.05, 4.69) is 25.9 Å². The monoisotopic (exact) mass is 379 g/mol. The number of tetrazole rings is 1. The van der Waals surface area contributed by atoms with Crippen LogP contribution in [-0.4, -0.2) is 35.9 Å². The molecule has 9 heteroatoms. The van der Waals surface area contributed by atoms with E-state index in [4.69, 9.17) is 0 Å². The third-order valence-corrected chi connectivity index (χ3v) is 5.88. The van der Waals surface area contributed by atoms with Crippen molar-refractivity contribution in [2.75, 3.05) is 5.32 Å². The number of rotatable bonds is 4. The molecule has 3 heterocycles. The first-order valence-corrected chi connectivity index (χ1v) is 9.54. The summed E-state index contributed by atoms with van der Waals surface area (Å²) in [6.45, 7) is 1.95. The molecule has 1 aliphatic rings. The number of benzene rings is 1. The Labute approximate surface area is 158 Å². The van der Waals surface area contributed by atoms with Crippen LogP contribution in [-0.2, 0) is 7.05 Å². The maximum Gasteiger partial charge on any atom is 0.265 e. The Morgan fingerprint density at radius 1 is 1.30 bits per heavy atom. The molecule has 0 bridgehead atoms. The van der Waals surface area contributed by atoms with Gasteiger partial charge in [0.05, 0.1) is 16.6 Å². The molecule has 3 aromatic heterocycles. The molecule has 5 rings (SSSR count). The summed E-state index contributed by atoms with van der Waals surface area (Å²) in [5.74, 6) is 0.603. The van der Waals surface area contributed by atoms with Gasteiger partial charge in [-0.05, 0) is 48.4 Å². The van der Waals surface area contributed by atoms with Crippen LogP contribution >= 0.6 is 11.3 Å². The third kappa shape index (κ3) is 2.80. The summed E-state index contributed by atoms with van der Waals surface area (Å²) in [6, 6.07) is 9.92. The van der Waals surface area contributed by atoms with E-state index in [0.717, 1.165) is 45.8 Å². The van der Waals surface area contributed by atoms with Gasteiger partial charge in [-0.2, -0.15) is 5.10 Å². The van der Waals surface area contributed by atoms with Crippen molar-refractivity contribution in [3.05, 3.63) is 40.9 Å². The van der Waals surface area contributed by atoms with E-state index in [1.807, 2.05) is 53.7 Å². The van der Waals surface area contributed by atoms with Crippen molar-refractivity contribution in [1.29, 1.82) is 0 Å². The average molecular weight is 379 g/mol. The summed E-state index contributed by atoms with van der Waals surface area (Å²) in [7, 11) is 1.89. The van der Waals surface area contributed by atoms with Gasteiger partial charge in [0.25, 0.3) is 5.91 Å². The van der Waals surface area contributed by atoms with Crippen molar-refractivity contribution < 1.29 is 4.79 Å². The maximum absolute atomic E-state index is 12.7. The molecule has 1 saturated carbocycles. The average Bonchev–Trinajstić information content (AvgIpc) is 3.12. The number of nitrogens with one attached hydrogen (secondary N) is 1. The molecule has 0 radical (unpaired) electrons. The second-order valence-corrected chi connectivity index (χ2v) is 7.78. The molecule has 1 N–H and O–H groups in total. The van der Waals surface area contributed by atoms with Crippen LogP contribution in [0.2, 0.25) is 0 Å². The van der Waals surface area contributed by atoms with Crippen molar-refractivity contribution in [2.45, 2.75) is 25.8 Å². The van der Waals surface area contributed by atoms with E-state index in [1.54, 1.807) is 0 Å². The van der Waals surface area contributed by atoms with Gasteiger partial charge in [0.15, 0.2) is 5.82 Å². The van der Waals surface area contributed by atoms with E-state index < -0.39 is 0 Å². The number of carbonyl (C=O) groups excluding carboxylic acids is 1. The first kappa shape index (κ1) is 16.1. The van der Waals surface area contributed by atoms with Gasteiger partial charge in [-0.25, -0.2) is 4.68 Å². The van der Waals surface area contributed by atoms with Crippen LogP contribution in [0.4, 0.5) is 5.69 Å². The number of hydrogen-bond acceptors (Lipinski definition) is 6. The lowest BCUT2D eigenvalue weighted by Crippen LogP contribution is -2.10. The smallest absolute Gasteiger partial charge is 0.265 e. The van der Waals surface area contributed by atoms with Crippen molar-refractivity contribution in [1.82, 2.24) is 30.0 Å². The Morgan fingerprint density at radius 3 is 2.93 bits per heavy atom. The molecule has 0 saturated heterocycles. The minimum Gasteiger partial charge on any atom is -0.321 e. The second kappa shape index (κ2) is 5.98. The standard InChI is InChI=1S/C18H17N7OS/c1-10-14-9-15(27-18(14)24(2)21-10)17(26)19-12-5-3-4-11(8-12)16-20-22-23-25(16)13-6-7-13/h3-5,8-9,13H,6-7H2,1-2H3,(H,19,26). The van der Waals surface area contributed by atoms with Crippen LogP contribution in [0.1, 0.15) is 34.2 Å². The summed E-state index contributed by atoms with van der Waals surface area (Å²) in [6.07, 6.45) is 2.21. The number of fused-ring (bicyclic) bond motifs is 1. The fraction of sp³-hybridized carbons (Fsp3) is 0.278. The van der Waals surface area contributed by atoms with Gasteiger partial charge < -0.3 is 5.32 Å². The molecule has 0 spiro atoms. The Balaban J connectivity index is 1.42. The van der Waals surface area contributed by atoms with Crippen molar-refractivity contribution in [2.24, 2.45) is 7.05 Å². The van der Waals surface area contributed by atoms with Crippen LogP contribution in [0, 0.1) is 6.92 Å². The SMILES string of the molecule is Cc1nn(C)c2sc(C(=O)Nc3cccc(-c4nnnn4C4CC4)c3)cc12. The zero-order valence-electron chi connectivity index (χ0n) is 14.9. The second-order valence-electron chi connectivity index (χ2n) is 6.75. The van der Waals surface area contributed by atoms with Crippen LogP contribution in [0.25, 0.3) is 21.6 Å². The van der Waals surface area contributed by atoms with E-state index in [0.29, 0.717) is 10.9 Å². The first-order chi connectivity index (χ1) is 13.1. The number of thiophene rings is 1. The van der Waals surface area contributed by atoms with Crippen molar-refractivity contribution in [3.8, 4) is 11.4 Å². The zero-order valence-corrected chi connectivity index (χ0v) is 15.7. The predicted octanol–water partition coefficient (Wildman–Crippen LogP) is 3.18. The molecule has 0 unspecified atom stereocenters. The number of hydrogen-bond donors (Lipinski definition) is 1. The number of nitrogens with zero attached hydrogens (tertiary/aromatic N) is 6. The molecule has 1 aromatic carbocycles. The fourth-order valence-corrected chi connectivity index (χ4v) is 4.21. The molecule has 27 heavy (non-hydrogen) atoms. The highest BCUT2D eigenvalue weighted by atomic mass is 32.1. The number of aromatic nitrogens is 6. The molecule has 1 amide bonds.